The van der Waals surface area contributed by atoms with Crippen LogP contribution in [0.15, 0.2) is 12.2 Å². The van der Waals surface area contributed by atoms with E-state index in [-0.39, 0.29) is 5.91 Å². The van der Waals surface area contributed by atoms with E-state index in [9.17, 15) is 4.79 Å². The molecule has 0 fully saturated rings. The van der Waals surface area contributed by atoms with E-state index in [0.29, 0.717) is 24.8 Å². The third-order valence-corrected chi connectivity index (χ3v) is 4.16. The topological polar surface area (TPSA) is 58.2 Å². The van der Waals surface area contributed by atoms with Gasteiger partial charge in [-0.1, -0.05) is 12.2 Å². The number of ether oxygens (including phenoxy) is 1. The van der Waals surface area contributed by atoms with Crippen LogP contribution in [0, 0.1) is 19.8 Å². The summed E-state index contributed by atoms with van der Waals surface area (Å²) in [4.78, 5) is 14.6. The van der Waals surface area contributed by atoms with E-state index in [2.05, 4.69) is 22.3 Å². The SMILES string of the molecule is COCCN(CC1CC=CCC1)C(=O)c1n[nH]c(C)c1C. The highest BCUT2D eigenvalue weighted by molar-refractivity contribution is 5.93. The summed E-state index contributed by atoms with van der Waals surface area (Å²) in [6.07, 6.45) is 7.74. The number of methoxy groups -OCH3 is 1. The van der Waals surface area contributed by atoms with Crippen molar-refractivity contribution in [2.45, 2.75) is 33.1 Å². The molecule has 0 aliphatic heterocycles. The van der Waals surface area contributed by atoms with Gasteiger partial charge in [0.2, 0.25) is 0 Å². The van der Waals surface area contributed by atoms with E-state index in [1.54, 1.807) is 7.11 Å². The molecule has 1 N–H and O–H groups in total. The Morgan fingerprint density at radius 2 is 2.29 bits per heavy atom. The molecule has 21 heavy (non-hydrogen) atoms. The molecule has 2 rings (SSSR count). The van der Waals surface area contributed by atoms with Crippen LogP contribution in [0.1, 0.15) is 41.0 Å². The van der Waals surface area contributed by atoms with E-state index in [1.165, 1.54) is 0 Å². The molecule has 1 atom stereocenters. The van der Waals surface area contributed by atoms with Crippen LogP contribution >= 0.6 is 0 Å². The maximum absolute atomic E-state index is 12.7. The number of carbonyl (C=O) groups is 1. The number of H-pyrrole nitrogens is 1. The van der Waals surface area contributed by atoms with Gasteiger partial charge in [-0.2, -0.15) is 5.10 Å². The Labute approximate surface area is 126 Å². The van der Waals surface area contributed by atoms with Crippen LogP contribution in [0.25, 0.3) is 0 Å². The van der Waals surface area contributed by atoms with Gasteiger partial charge in [0.25, 0.3) is 5.91 Å². The largest absolute Gasteiger partial charge is 0.383 e. The van der Waals surface area contributed by atoms with E-state index in [0.717, 1.165) is 37.1 Å². The summed E-state index contributed by atoms with van der Waals surface area (Å²) in [7, 11) is 1.66. The third-order valence-electron chi connectivity index (χ3n) is 4.16. The predicted molar refractivity (Wildman–Crippen MR) is 82.3 cm³/mol. The number of aromatic nitrogens is 2. The van der Waals surface area contributed by atoms with Crippen molar-refractivity contribution in [1.82, 2.24) is 15.1 Å². The molecule has 5 heteroatoms. The second kappa shape index (κ2) is 7.41. The van der Waals surface area contributed by atoms with Crippen molar-refractivity contribution >= 4 is 5.91 Å². The van der Waals surface area contributed by atoms with E-state index >= 15 is 0 Å². The fourth-order valence-corrected chi connectivity index (χ4v) is 2.65. The summed E-state index contributed by atoms with van der Waals surface area (Å²) >= 11 is 0. The van der Waals surface area contributed by atoms with Crippen molar-refractivity contribution in [3.05, 3.63) is 29.1 Å². The monoisotopic (exact) mass is 291 g/mol. The Balaban J connectivity index is 2.08. The first kappa shape index (κ1) is 15.8. The Kier molecular flexibility index (Phi) is 5.56. The number of hydrogen-bond acceptors (Lipinski definition) is 3. The molecule has 116 valence electrons. The van der Waals surface area contributed by atoms with Gasteiger partial charge in [0, 0.05) is 31.5 Å². The Bertz CT molecular complexity index is 508. The number of allylic oxidation sites excluding steroid dienone is 2. The van der Waals surface area contributed by atoms with Crippen LogP contribution in [-0.4, -0.2) is 47.8 Å². The number of carbonyl (C=O) groups excluding carboxylic acids is 1. The molecule has 0 radical (unpaired) electrons. The fraction of sp³-hybridized carbons (Fsp3) is 0.625. The summed E-state index contributed by atoms with van der Waals surface area (Å²) in [6.45, 7) is 5.81. The van der Waals surface area contributed by atoms with Gasteiger partial charge in [-0.25, -0.2) is 0 Å². The lowest BCUT2D eigenvalue weighted by molar-refractivity contribution is 0.0652. The lowest BCUT2D eigenvalue weighted by atomic mass is 9.94. The molecular weight excluding hydrogens is 266 g/mol. The predicted octanol–water partition coefficient (Wildman–Crippen LogP) is 2.47. The van der Waals surface area contributed by atoms with Gasteiger partial charge in [-0.05, 0) is 39.0 Å². The minimum atomic E-state index is 0.00320. The van der Waals surface area contributed by atoms with Crippen molar-refractivity contribution in [2.24, 2.45) is 5.92 Å². The average Bonchev–Trinajstić information content (AvgIpc) is 2.84. The van der Waals surface area contributed by atoms with Crippen molar-refractivity contribution in [3.63, 3.8) is 0 Å². The minimum Gasteiger partial charge on any atom is -0.383 e. The Hall–Kier alpha value is -1.62. The summed E-state index contributed by atoms with van der Waals surface area (Å²) in [5, 5.41) is 7.06. The maximum Gasteiger partial charge on any atom is 0.274 e. The van der Waals surface area contributed by atoms with Crippen LogP contribution in [0.2, 0.25) is 0 Å². The molecule has 1 aromatic rings. The lowest BCUT2D eigenvalue weighted by Gasteiger charge is -2.28. The second-order valence-electron chi connectivity index (χ2n) is 5.72. The first-order valence-electron chi connectivity index (χ1n) is 7.58. The molecule has 1 aromatic heterocycles. The van der Waals surface area contributed by atoms with E-state index in [4.69, 9.17) is 4.74 Å². The lowest BCUT2D eigenvalue weighted by Crippen LogP contribution is -2.38. The molecular formula is C16H25N3O2. The van der Waals surface area contributed by atoms with Crippen LogP contribution in [0.3, 0.4) is 0 Å². The number of nitrogens with zero attached hydrogens (tertiary/aromatic N) is 2. The Morgan fingerprint density at radius 1 is 1.48 bits per heavy atom. The first-order chi connectivity index (χ1) is 10.1. The number of rotatable bonds is 6. The second-order valence-corrected chi connectivity index (χ2v) is 5.72. The summed E-state index contributed by atoms with van der Waals surface area (Å²) in [5.74, 6) is 0.541. The molecule has 1 unspecified atom stereocenters. The van der Waals surface area contributed by atoms with Gasteiger partial charge >= 0.3 is 0 Å². The van der Waals surface area contributed by atoms with Crippen LogP contribution in [-0.2, 0) is 4.74 Å². The zero-order chi connectivity index (χ0) is 15.2. The van der Waals surface area contributed by atoms with Gasteiger partial charge in [0.15, 0.2) is 5.69 Å². The van der Waals surface area contributed by atoms with Crippen molar-refractivity contribution < 1.29 is 9.53 Å². The zero-order valence-electron chi connectivity index (χ0n) is 13.2. The first-order valence-corrected chi connectivity index (χ1v) is 7.58. The smallest absolute Gasteiger partial charge is 0.274 e. The summed E-state index contributed by atoms with van der Waals surface area (Å²) in [5.41, 5.74) is 2.42. The number of hydrogen-bond donors (Lipinski definition) is 1. The number of amides is 1. The molecule has 0 saturated heterocycles. The van der Waals surface area contributed by atoms with Crippen LogP contribution in [0.4, 0.5) is 0 Å². The molecule has 0 bridgehead atoms. The van der Waals surface area contributed by atoms with Gasteiger partial charge in [0.1, 0.15) is 0 Å². The molecule has 5 nitrogen and oxygen atoms in total. The molecule has 0 aromatic carbocycles. The van der Waals surface area contributed by atoms with Crippen LogP contribution < -0.4 is 0 Å². The average molecular weight is 291 g/mol. The molecule has 1 aliphatic carbocycles. The number of aryl methyl sites for hydroxylation is 1. The van der Waals surface area contributed by atoms with Gasteiger partial charge in [-0.15, -0.1) is 0 Å². The molecule has 1 heterocycles. The summed E-state index contributed by atoms with van der Waals surface area (Å²) in [6, 6.07) is 0. The third kappa shape index (κ3) is 3.94. The molecule has 0 saturated carbocycles. The number of aromatic amines is 1. The highest BCUT2D eigenvalue weighted by Crippen LogP contribution is 2.20. The quantitative estimate of drug-likeness (QED) is 0.819. The highest BCUT2D eigenvalue weighted by atomic mass is 16.5. The highest BCUT2D eigenvalue weighted by Gasteiger charge is 2.24. The zero-order valence-corrected chi connectivity index (χ0v) is 13.2. The number of nitrogens with one attached hydrogen (secondary N) is 1. The fourth-order valence-electron chi connectivity index (χ4n) is 2.65. The van der Waals surface area contributed by atoms with Crippen molar-refractivity contribution in [2.75, 3.05) is 26.8 Å². The van der Waals surface area contributed by atoms with Gasteiger partial charge in [0.05, 0.1) is 6.61 Å². The van der Waals surface area contributed by atoms with Crippen molar-refractivity contribution in [3.8, 4) is 0 Å². The van der Waals surface area contributed by atoms with Gasteiger partial charge < -0.3 is 9.64 Å². The summed E-state index contributed by atoms with van der Waals surface area (Å²) < 4.78 is 5.15. The Morgan fingerprint density at radius 3 is 2.86 bits per heavy atom. The maximum atomic E-state index is 12.7. The molecule has 0 spiro atoms. The standard InChI is InChI=1S/C16H25N3O2/c1-12-13(2)17-18-15(12)16(20)19(9-10-21-3)11-14-7-5-4-6-8-14/h4-5,14H,6-11H2,1-3H3,(H,17,18). The molecule has 1 aliphatic rings. The van der Waals surface area contributed by atoms with E-state index in [1.807, 2.05) is 18.7 Å². The van der Waals surface area contributed by atoms with Crippen molar-refractivity contribution in [1.29, 1.82) is 0 Å². The normalized spacial score (nSPS) is 18.0. The van der Waals surface area contributed by atoms with Gasteiger partial charge in [-0.3, -0.25) is 9.89 Å². The molecule has 1 amide bonds. The van der Waals surface area contributed by atoms with E-state index < -0.39 is 0 Å². The van der Waals surface area contributed by atoms with Crippen LogP contribution in [0.5, 0.6) is 0 Å². The minimum absolute atomic E-state index is 0.00320.